The van der Waals surface area contributed by atoms with Crippen molar-refractivity contribution in [3.8, 4) is 0 Å². The maximum absolute atomic E-state index is 10.2. The van der Waals surface area contributed by atoms with E-state index in [1.807, 2.05) is 0 Å². The maximum atomic E-state index is 10.2. The molecule has 0 spiro atoms. The normalized spacial score (nSPS) is 27.4. The third kappa shape index (κ3) is 29.2. The first-order chi connectivity index (χ1) is 39.0. The largest absolute Gasteiger partial charge is 0.662 e. The molecule has 0 radical (unpaired) electrons. The number of piperidine rings is 2. The van der Waals surface area contributed by atoms with Gasteiger partial charge in [0.05, 0.1) is 48.8 Å². The van der Waals surface area contributed by atoms with Crippen molar-refractivity contribution >= 4 is 0 Å². The summed E-state index contributed by atoms with van der Waals surface area (Å²) in [4.78, 5) is 0. The quantitative estimate of drug-likeness (QED) is 0.0660. The molecule has 8 unspecified atom stereocenters. The molecule has 10 nitrogen and oxygen atoms in total. The summed E-state index contributed by atoms with van der Waals surface area (Å²) in [6.07, 6.45) is 55.3. The van der Waals surface area contributed by atoms with Crippen LogP contribution in [0.1, 0.15) is 308 Å². The van der Waals surface area contributed by atoms with Gasteiger partial charge in [-0.3, -0.25) is 0 Å². The molecule has 2 heterocycles. The summed E-state index contributed by atoms with van der Waals surface area (Å²) < 4.78 is 0. The second-order valence-corrected chi connectivity index (χ2v) is 28.7. The molecule has 8 atom stereocenters. The SMILES string of the molecule is C1CC(C2CC[N-]CC2)CC[N-]1.OC(CC(O)C1CCCCC1)C1CCCCC1.OC(CC(O)C1CCCCC1)C1CCCCC1.OC(CC(O)C1CCCCC1)C1CCCCC1.OC(CC(O)C1CCCCC1)C1CCCCC1.[Zn].[Zn]. The fraction of sp³-hybridized carbons (Fsp3) is 1.00. The van der Waals surface area contributed by atoms with E-state index in [0.29, 0.717) is 73.0 Å². The van der Waals surface area contributed by atoms with Crippen LogP contribution in [0.3, 0.4) is 0 Å². The van der Waals surface area contributed by atoms with Gasteiger partial charge in [-0.1, -0.05) is 180 Å². The second kappa shape index (κ2) is 45.2. The van der Waals surface area contributed by atoms with Crippen LogP contribution in [0.25, 0.3) is 10.6 Å². The Kier molecular flexibility index (Phi) is 41.5. The molecular formula is C70H130N2O8Zn2-2. The molecule has 10 fully saturated rings. The van der Waals surface area contributed by atoms with Crippen molar-refractivity contribution in [1.82, 2.24) is 0 Å². The molecule has 8 aliphatic carbocycles. The van der Waals surface area contributed by atoms with Crippen LogP contribution in [0, 0.1) is 59.2 Å². The molecule has 10 aliphatic rings. The number of nitrogens with zero attached hydrogens (tertiary/aromatic N) is 2. The van der Waals surface area contributed by atoms with Crippen LogP contribution in [0.5, 0.6) is 0 Å². The number of rotatable bonds is 17. The van der Waals surface area contributed by atoms with E-state index in [1.165, 1.54) is 283 Å². The van der Waals surface area contributed by atoms with Crippen LogP contribution in [0.4, 0.5) is 0 Å². The van der Waals surface area contributed by atoms with Gasteiger partial charge >= 0.3 is 0 Å². The van der Waals surface area contributed by atoms with E-state index in [1.54, 1.807) is 0 Å². The maximum Gasteiger partial charge on any atom is 0.0593 e. The Bertz CT molecular complexity index is 1180. The molecule has 10 rings (SSSR count). The fourth-order valence-corrected chi connectivity index (χ4v) is 17.2. The monoisotopic (exact) mass is 1250 g/mol. The molecule has 0 bridgehead atoms. The van der Waals surface area contributed by atoms with Gasteiger partial charge in [0, 0.05) is 39.0 Å². The molecule has 82 heavy (non-hydrogen) atoms. The molecule has 12 heteroatoms. The summed E-state index contributed by atoms with van der Waals surface area (Å²) >= 11 is 0. The van der Waals surface area contributed by atoms with Gasteiger partial charge in [-0.05, 0) is 188 Å². The third-order valence-electron chi connectivity index (χ3n) is 22.8. The smallest absolute Gasteiger partial charge is 0.0593 e. The van der Waals surface area contributed by atoms with Gasteiger partial charge in [-0.25, -0.2) is 0 Å². The third-order valence-corrected chi connectivity index (χ3v) is 22.8. The first-order valence-corrected chi connectivity index (χ1v) is 35.8. The Hall–Kier alpha value is 0.847. The van der Waals surface area contributed by atoms with Crippen LogP contribution in [-0.4, -0.2) is 116 Å². The second-order valence-electron chi connectivity index (χ2n) is 28.7. The number of hydrogen-bond acceptors (Lipinski definition) is 8. The molecule has 2 aliphatic heterocycles. The van der Waals surface area contributed by atoms with Crippen molar-refractivity contribution in [2.45, 2.75) is 357 Å². The van der Waals surface area contributed by atoms with Crippen molar-refractivity contribution in [3.63, 3.8) is 0 Å². The number of aliphatic hydroxyl groups is 8. The van der Waals surface area contributed by atoms with Crippen LogP contribution in [0.15, 0.2) is 0 Å². The topological polar surface area (TPSA) is 190 Å². The van der Waals surface area contributed by atoms with Crippen LogP contribution in [-0.2, 0) is 39.0 Å². The van der Waals surface area contributed by atoms with Gasteiger partial charge in [-0.2, -0.15) is 0 Å². The summed E-state index contributed by atoms with van der Waals surface area (Å²) in [7, 11) is 0. The Morgan fingerprint density at radius 2 is 0.317 bits per heavy atom. The molecule has 8 N–H and O–H groups in total. The average Bonchev–Trinajstić information content (AvgIpc) is 3.53. The van der Waals surface area contributed by atoms with Crippen molar-refractivity contribution in [2.75, 3.05) is 26.2 Å². The van der Waals surface area contributed by atoms with Gasteiger partial charge < -0.3 is 51.5 Å². The van der Waals surface area contributed by atoms with Gasteiger partial charge in [0.2, 0.25) is 0 Å². The zero-order chi connectivity index (χ0) is 56.6. The minimum absolute atomic E-state index is 0. The minimum Gasteiger partial charge on any atom is -0.662 e. The molecule has 0 aromatic heterocycles. The zero-order valence-corrected chi connectivity index (χ0v) is 59.0. The first-order valence-electron chi connectivity index (χ1n) is 35.8. The van der Waals surface area contributed by atoms with Gasteiger partial charge in [0.15, 0.2) is 0 Å². The van der Waals surface area contributed by atoms with E-state index in [2.05, 4.69) is 10.6 Å². The van der Waals surface area contributed by atoms with Crippen molar-refractivity contribution in [2.24, 2.45) is 59.2 Å². The summed E-state index contributed by atoms with van der Waals surface area (Å²) in [5, 5.41) is 90.5. The summed E-state index contributed by atoms with van der Waals surface area (Å²) in [5.41, 5.74) is 0. The molecule has 0 amide bonds. The predicted octanol–water partition coefficient (Wildman–Crippen LogP) is 15.6. The zero-order valence-electron chi connectivity index (χ0n) is 53.0. The Morgan fingerprint density at radius 1 is 0.195 bits per heavy atom. The van der Waals surface area contributed by atoms with Crippen LogP contribution < -0.4 is 0 Å². The average molecular weight is 1260 g/mol. The summed E-state index contributed by atoms with van der Waals surface area (Å²) in [6, 6.07) is 0. The van der Waals surface area contributed by atoms with Crippen LogP contribution in [0.2, 0.25) is 0 Å². The van der Waals surface area contributed by atoms with Crippen molar-refractivity contribution in [1.29, 1.82) is 0 Å². The standard InChI is InChI=1S/4C15H28O2.C10H18N2.2Zn/c4*16-14(12-7-3-1-4-8-12)11-15(17)13-9-5-2-6-10-13;1-5-11-6-2-9(1)10-3-7-12-8-4-10;;/h4*12-17H,1-11H2;9-10H,1-8H2;;/q;;;;-2;;. The Morgan fingerprint density at radius 3 is 0.439 bits per heavy atom. The minimum atomic E-state index is -0.257. The molecule has 2 saturated heterocycles. The Labute approximate surface area is 529 Å². The predicted molar refractivity (Wildman–Crippen MR) is 331 cm³/mol. The summed E-state index contributed by atoms with van der Waals surface area (Å²) in [5.74, 6) is 5.65. The van der Waals surface area contributed by atoms with Gasteiger partial charge in [-0.15, -0.1) is 26.2 Å². The summed E-state index contributed by atoms with van der Waals surface area (Å²) in [6.45, 7) is 4.49. The van der Waals surface area contributed by atoms with Gasteiger partial charge in [0.1, 0.15) is 0 Å². The van der Waals surface area contributed by atoms with Crippen LogP contribution >= 0.6 is 0 Å². The fourth-order valence-electron chi connectivity index (χ4n) is 17.2. The van der Waals surface area contributed by atoms with E-state index in [9.17, 15) is 40.9 Å². The van der Waals surface area contributed by atoms with E-state index in [0.717, 1.165) is 38.0 Å². The van der Waals surface area contributed by atoms with E-state index in [4.69, 9.17) is 0 Å². The Balaban J connectivity index is 0.000000220. The van der Waals surface area contributed by atoms with Crippen molar-refractivity contribution < 1.29 is 79.8 Å². The molecule has 8 saturated carbocycles. The van der Waals surface area contributed by atoms with E-state index < -0.39 is 0 Å². The van der Waals surface area contributed by atoms with Gasteiger partial charge in [0.25, 0.3) is 0 Å². The van der Waals surface area contributed by atoms with E-state index >= 15 is 0 Å². The van der Waals surface area contributed by atoms with Crippen molar-refractivity contribution in [3.05, 3.63) is 10.6 Å². The van der Waals surface area contributed by atoms with E-state index in [-0.39, 0.29) is 87.8 Å². The number of aliphatic hydroxyl groups excluding tert-OH is 8. The number of hydrogen-bond donors (Lipinski definition) is 8. The molecule has 0 aromatic carbocycles. The molecule has 0 aromatic rings. The first kappa shape index (κ1) is 75.3. The molecular weight excluding hydrogens is 1130 g/mol. The molecule has 474 valence electrons.